The zero-order valence-electron chi connectivity index (χ0n) is 7.20. The fourth-order valence-corrected chi connectivity index (χ4v) is 1.82. The van der Waals surface area contributed by atoms with E-state index in [2.05, 4.69) is 0 Å². The van der Waals surface area contributed by atoms with Crippen molar-refractivity contribution in [3.05, 3.63) is 35.1 Å². The molecule has 2 unspecified atom stereocenters. The second-order valence-corrected chi connectivity index (χ2v) is 3.45. The van der Waals surface area contributed by atoms with Crippen LogP contribution in [-0.2, 0) is 6.42 Å². The maximum Gasteiger partial charge on any atom is 0.126 e. The Kier molecular flexibility index (Phi) is 2.06. The average Bonchev–Trinajstić information content (AvgIpc) is 2.12. The van der Waals surface area contributed by atoms with Crippen molar-refractivity contribution in [2.45, 2.75) is 25.0 Å². The molecule has 0 radical (unpaired) electrons. The summed E-state index contributed by atoms with van der Waals surface area (Å²) < 4.78 is 13.2. The summed E-state index contributed by atoms with van der Waals surface area (Å²) in [4.78, 5) is 0. The van der Waals surface area contributed by atoms with Gasteiger partial charge < -0.3 is 10.8 Å². The molecule has 0 saturated carbocycles. The first kappa shape index (κ1) is 8.66. The van der Waals surface area contributed by atoms with Crippen molar-refractivity contribution in [3.63, 3.8) is 0 Å². The van der Waals surface area contributed by atoms with Crippen LogP contribution < -0.4 is 5.73 Å². The normalized spacial score (nSPS) is 27.0. The van der Waals surface area contributed by atoms with E-state index in [0.29, 0.717) is 24.0 Å². The van der Waals surface area contributed by atoms with Crippen LogP contribution in [0.4, 0.5) is 4.39 Å². The Morgan fingerprint density at radius 2 is 2.23 bits per heavy atom. The monoisotopic (exact) mass is 181 g/mol. The summed E-state index contributed by atoms with van der Waals surface area (Å²) in [7, 11) is 0. The van der Waals surface area contributed by atoms with Crippen LogP contribution in [0.25, 0.3) is 0 Å². The van der Waals surface area contributed by atoms with Crippen molar-refractivity contribution in [2.75, 3.05) is 0 Å². The van der Waals surface area contributed by atoms with Gasteiger partial charge >= 0.3 is 0 Å². The van der Waals surface area contributed by atoms with Gasteiger partial charge in [0.05, 0.1) is 6.10 Å². The second kappa shape index (κ2) is 3.09. The molecule has 1 aromatic rings. The second-order valence-electron chi connectivity index (χ2n) is 3.45. The summed E-state index contributed by atoms with van der Waals surface area (Å²) in [5.41, 5.74) is 6.94. The summed E-state index contributed by atoms with van der Waals surface area (Å²) in [6, 6.07) is 4.51. The van der Waals surface area contributed by atoms with Crippen LogP contribution in [0, 0.1) is 5.82 Å². The Balaban J connectivity index is 2.49. The number of hydrogen-bond donors (Lipinski definition) is 2. The van der Waals surface area contributed by atoms with Crippen LogP contribution in [-0.4, -0.2) is 11.1 Å². The molecule has 1 aromatic carbocycles. The van der Waals surface area contributed by atoms with E-state index in [9.17, 15) is 9.50 Å². The third kappa shape index (κ3) is 1.34. The molecule has 0 saturated heterocycles. The Labute approximate surface area is 76.2 Å². The van der Waals surface area contributed by atoms with Crippen LogP contribution >= 0.6 is 0 Å². The van der Waals surface area contributed by atoms with Gasteiger partial charge in [-0.15, -0.1) is 0 Å². The van der Waals surface area contributed by atoms with Crippen LogP contribution in [0.2, 0.25) is 0 Å². The molecule has 2 nitrogen and oxygen atoms in total. The SMILES string of the molecule is NC1CCc2c(F)cccc2C1O. The molecule has 13 heavy (non-hydrogen) atoms. The van der Waals surface area contributed by atoms with Crippen molar-refractivity contribution in [1.29, 1.82) is 0 Å². The number of aliphatic hydroxyl groups excluding tert-OH is 1. The van der Waals surface area contributed by atoms with E-state index in [1.54, 1.807) is 12.1 Å². The van der Waals surface area contributed by atoms with Gasteiger partial charge in [-0.1, -0.05) is 12.1 Å². The minimum absolute atomic E-state index is 0.233. The average molecular weight is 181 g/mol. The van der Waals surface area contributed by atoms with Crippen LogP contribution in [0.5, 0.6) is 0 Å². The van der Waals surface area contributed by atoms with Gasteiger partial charge in [0.25, 0.3) is 0 Å². The topological polar surface area (TPSA) is 46.2 Å². The van der Waals surface area contributed by atoms with E-state index in [1.807, 2.05) is 0 Å². The first-order valence-corrected chi connectivity index (χ1v) is 4.41. The lowest BCUT2D eigenvalue weighted by molar-refractivity contribution is 0.133. The third-order valence-electron chi connectivity index (χ3n) is 2.61. The summed E-state index contributed by atoms with van der Waals surface area (Å²) in [5.74, 6) is -0.233. The number of fused-ring (bicyclic) bond motifs is 1. The van der Waals surface area contributed by atoms with Gasteiger partial charge in [-0.2, -0.15) is 0 Å². The first-order valence-electron chi connectivity index (χ1n) is 4.41. The zero-order chi connectivity index (χ0) is 9.42. The fraction of sp³-hybridized carbons (Fsp3) is 0.400. The number of benzene rings is 1. The highest BCUT2D eigenvalue weighted by atomic mass is 19.1. The number of hydrogen-bond acceptors (Lipinski definition) is 2. The van der Waals surface area contributed by atoms with E-state index in [0.717, 1.165) is 0 Å². The molecular weight excluding hydrogens is 169 g/mol. The summed E-state index contributed by atoms with van der Waals surface area (Å²) in [5, 5.41) is 9.66. The largest absolute Gasteiger partial charge is 0.387 e. The van der Waals surface area contributed by atoms with Crippen molar-refractivity contribution in [2.24, 2.45) is 5.73 Å². The molecule has 1 aliphatic carbocycles. The number of aliphatic hydroxyl groups is 1. The van der Waals surface area contributed by atoms with Gasteiger partial charge in [-0.3, -0.25) is 0 Å². The Bertz CT molecular complexity index is 327. The highest BCUT2D eigenvalue weighted by molar-refractivity contribution is 5.33. The predicted octanol–water partition coefficient (Wildman–Crippen LogP) is 1.13. The molecule has 0 aliphatic heterocycles. The van der Waals surface area contributed by atoms with Crippen molar-refractivity contribution < 1.29 is 9.50 Å². The minimum atomic E-state index is -0.709. The number of rotatable bonds is 0. The summed E-state index contributed by atoms with van der Waals surface area (Å²) >= 11 is 0. The molecule has 70 valence electrons. The lowest BCUT2D eigenvalue weighted by Gasteiger charge is -2.27. The fourth-order valence-electron chi connectivity index (χ4n) is 1.82. The standard InChI is InChI=1S/C10H12FNO/c11-8-3-1-2-7-6(8)4-5-9(12)10(7)13/h1-3,9-10,13H,4-5,12H2. The van der Waals surface area contributed by atoms with Gasteiger partial charge in [-0.25, -0.2) is 4.39 Å². The Morgan fingerprint density at radius 1 is 1.46 bits per heavy atom. The van der Waals surface area contributed by atoms with Crippen molar-refractivity contribution >= 4 is 0 Å². The summed E-state index contributed by atoms with van der Waals surface area (Å²) in [6.45, 7) is 0. The highest BCUT2D eigenvalue weighted by Crippen LogP contribution is 2.30. The maximum absolute atomic E-state index is 13.2. The van der Waals surface area contributed by atoms with Crippen LogP contribution in [0.1, 0.15) is 23.7 Å². The van der Waals surface area contributed by atoms with E-state index in [1.165, 1.54) is 6.07 Å². The maximum atomic E-state index is 13.2. The predicted molar refractivity (Wildman–Crippen MR) is 47.7 cm³/mol. The Hall–Kier alpha value is -0.930. The number of nitrogens with two attached hydrogens (primary N) is 1. The molecule has 0 bridgehead atoms. The van der Waals surface area contributed by atoms with Gasteiger partial charge in [0, 0.05) is 6.04 Å². The quantitative estimate of drug-likeness (QED) is 0.630. The van der Waals surface area contributed by atoms with Crippen molar-refractivity contribution in [1.82, 2.24) is 0 Å². The lowest BCUT2D eigenvalue weighted by atomic mass is 9.86. The van der Waals surface area contributed by atoms with E-state index >= 15 is 0 Å². The zero-order valence-corrected chi connectivity index (χ0v) is 7.20. The molecule has 1 aliphatic rings. The summed E-state index contributed by atoms with van der Waals surface area (Å²) in [6.07, 6.45) is 0.564. The minimum Gasteiger partial charge on any atom is -0.387 e. The van der Waals surface area contributed by atoms with Crippen LogP contribution in [0.3, 0.4) is 0 Å². The molecule has 0 aromatic heterocycles. The molecule has 0 heterocycles. The van der Waals surface area contributed by atoms with E-state index in [-0.39, 0.29) is 11.9 Å². The van der Waals surface area contributed by atoms with Crippen LogP contribution in [0.15, 0.2) is 18.2 Å². The van der Waals surface area contributed by atoms with E-state index in [4.69, 9.17) is 5.73 Å². The molecule has 0 spiro atoms. The molecular formula is C10H12FNO. The molecule has 0 amide bonds. The van der Waals surface area contributed by atoms with Gasteiger partial charge in [-0.05, 0) is 30.0 Å². The smallest absolute Gasteiger partial charge is 0.126 e. The van der Waals surface area contributed by atoms with Gasteiger partial charge in [0.15, 0.2) is 0 Å². The van der Waals surface area contributed by atoms with E-state index < -0.39 is 6.10 Å². The number of halogens is 1. The molecule has 0 fully saturated rings. The van der Waals surface area contributed by atoms with Gasteiger partial charge in [0.2, 0.25) is 0 Å². The molecule has 2 atom stereocenters. The molecule has 3 heteroatoms. The molecule has 3 N–H and O–H groups in total. The highest BCUT2D eigenvalue weighted by Gasteiger charge is 2.26. The lowest BCUT2D eigenvalue weighted by Crippen LogP contribution is -2.33. The Morgan fingerprint density at radius 3 is 3.00 bits per heavy atom. The van der Waals surface area contributed by atoms with Crippen molar-refractivity contribution in [3.8, 4) is 0 Å². The van der Waals surface area contributed by atoms with Gasteiger partial charge in [0.1, 0.15) is 5.82 Å². The molecule has 2 rings (SSSR count). The third-order valence-corrected chi connectivity index (χ3v) is 2.61. The first-order chi connectivity index (χ1) is 6.20.